The molecule has 0 aliphatic carbocycles. The van der Waals surface area contributed by atoms with Gasteiger partial charge in [0.1, 0.15) is 0 Å². The summed E-state index contributed by atoms with van der Waals surface area (Å²) in [5, 5.41) is 0. The van der Waals surface area contributed by atoms with Crippen LogP contribution < -0.4 is 4.90 Å². The highest BCUT2D eigenvalue weighted by Crippen LogP contribution is 2.32. The van der Waals surface area contributed by atoms with E-state index in [0.717, 1.165) is 56.1 Å². The SMILES string of the molecule is c1ccc(-c2nc(N3CCN(CCc4ccncc4)CC3)c3oc(-c4ccccc4)nc3n2)cc1. The highest BCUT2D eigenvalue weighted by molar-refractivity contribution is 5.85. The average Bonchev–Trinajstić information content (AvgIpc) is 3.38. The Morgan fingerprint density at radius 1 is 0.714 bits per heavy atom. The fraction of sp³-hybridized carbons (Fsp3) is 0.214. The number of hydrogen-bond donors (Lipinski definition) is 0. The van der Waals surface area contributed by atoms with Crippen LogP contribution in [0.5, 0.6) is 0 Å². The van der Waals surface area contributed by atoms with Gasteiger partial charge in [0.25, 0.3) is 0 Å². The zero-order valence-corrected chi connectivity index (χ0v) is 19.4. The van der Waals surface area contributed by atoms with E-state index in [9.17, 15) is 0 Å². The van der Waals surface area contributed by atoms with Gasteiger partial charge in [0.15, 0.2) is 11.6 Å². The van der Waals surface area contributed by atoms with Crippen molar-refractivity contribution in [2.24, 2.45) is 0 Å². The van der Waals surface area contributed by atoms with Crippen molar-refractivity contribution in [3.63, 3.8) is 0 Å². The summed E-state index contributed by atoms with van der Waals surface area (Å²) in [5.74, 6) is 2.05. The van der Waals surface area contributed by atoms with Gasteiger partial charge in [-0.2, -0.15) is 4.98 Å². The van der Waals surface area contributed by atoms with Gasteiger partial charge in [-0.15, -0.1) is 0 Å². The van der Waals surface area contributed by atoms with Crippen LogP contribution in [-0.4, -0.2) is 57.6 Å². The number of oxazole rings is 1. The molecule has 0 unspecified atom stereocenters. The van der Waals surface area contributed by atoms with Gasteiger partial charge in [-0.05, 0) is 36.2 Å². The first-order valence-corrected chi connectivity index (χ1v) is 12.0. The quantitative estimate of drug-likeness (QED) is 0.362. The largest absolute Gasteiger partial charge is 0.430 e. The molecule has 35 heavy (non-hydrogen) atoms. The van der Waals surface area contributed by atoms with Crippen molar-refractivity contribution in [1.82, 2.24) is 24.8 Å². The van der Waals surface area contributed by atoms with Gasteiger partial charge in [-0.1, -0.05) is 48.5 Å². The molecule has 3 aromatic heterocycles. The average molecular weight is 463 g/mol. The summed E-state index contributed by atoms with van der Waals surface area (Å²) < 4.78 is 6.26. The second kappa shape index (κ2) is 9.64. The fourth-order valence-electron chi connectivity index (χ4n) is 4.46. The fourth-order valence-corrected chi connectivity index (χ4v) is 4.46. The Balaban J connectivity index is 1.29. The Morgan fingerprint density at radius 3 is 2.11 bits per heavy atom. The zero-order chi connectivity index (χ0) is 23.5. The lowest BCUT2D eigenvalue weighted by molar-refractivity contribution is 0.260. The molecule has 174 valence electrons. The second-order valence-corrected chi connectivity index (χ2v) is 8.71. The highest BCUT2D eigenvalue weighted by atomic mass is 16.4. The van der Waals surface area contributed by atoms with Crippen LogP contribution in [0, 0.1) is 0 Å². The van der Waals surface area contributed by atoms with Crippen molar-refractivity contribution < 1.29 is 4.42 Å². The van der Waals surface area contributed by atoms with Gasteiger partial charge in [0.2, 0.25) is 17.1 Å². The molecule has 0 N–H and O–H groups in total. The van der Waals surface area contributed by atoms with Crippen molar-refractivity contribution >= 4 is 17.0 Å². The van der Waals surface area contributed by atoms with Crippen molar-refractivity contribution in [1.29, 1.82) is 0 Å². The van der Waals surface area contributed by atoms with E-state index in [1.54, 1.807) is 0 Å². The molecule has 7 nitrogen and oxygen atoms in total. The lowest BCUT2D eigenvalue weighted by Gasteiger charge is -2.35. The highest BCUT2D eigenvalue weighted by Gasteiger charge is 2.24. The number of piperazine rings is 1. The third kappa shape index (κ3) is 4.63. The number of nitrogens with zero attached hydrogens (tertiary/aromatic N) is 6. The lowest BCUT2D eigenvalue weighted by Crippen LogP contribution is -2.47. The summed E-state index contributed by atoms with van der Waals surface area (Å²) in [6.07, 6.45) is 4.75. The van der Waals surface area contributed by atoms with Crippen LogP contribution in [0.25, 0.3) is 34.1 Å². The third-order valence-corrected chi connectivity index (χ3v) is 6.43. The van der Waals surface area contributed by atoms with E-state index in [0.29, 0.717) is 22.9 Å². The Labute approximate surface area is 204 Å². The third-order valence-electron chi connectivity index (χ3n) is 6.43. The van der Waals surface area contributed by atoms with Gasteiger partial charge in [-0.3, -0.25) is 9.88 Å². The van der Waals surface area contributed by atoms with E-state index in [2.05, 4.69) is 26.9 Å². The number of benzene rings is 2. The van der Waals surface area contributed by atoms with Gasteiger partial charge in [0.05, 0.1) is 0 Å². The van der Waals surface area contributed by atoms with E-state index >= 15 is 0 Å². The minimum atomic E-state index is 0.567. The standard InChI is InChI=1S/C28H26N6O/c1-3-7-22(8-4-1)25-30-26-24(35-28(32-26)23-9-5-2-6-10-23)27(31-25)34-19-17-33(18-20-34)16-13-21-11-14-29-15-12-21/h1-12,14-15H,13,16-20H2. The number of pyridine rings is 1. The Kier molecular flexibility index (Phi) is 5.90. The van der Waals surface area contributed by atoms with Crippen LogP contribution in [0.2, 0.25) is 0 Å². The minimum Gasteiger partial charge on any atom is -0.430 e. The summed E-state index contributed by atoms with van der Waals surface area (Å²) in [6.45, 7) is 4.72. The normalized spacial score (nSPS) is 14.5. The summed E-state index contributed by atoms with van der Waals surface area (Å²) in [5.41, 5.74) is 4.46. The number of fused-ring (bicyclic) bond motifs is 1. The molecule has 1 fully saturated rings. The first-order valence-electron chi connectivity index (χ1n) is 12.0. The van der Waals surface area contributed by atoms with Gasteiger partial charge in [-0.25, -0.2) is 9.97 Å². The molecular weight excluding hydrogens is 436 g/mol. The molecule has 0 bridgehead atoms. The van der Waals surface area contributed by atoms with Crippen LogP contribution >= 0.6 is 0 Å². The smallest absolute Gasteiger partial charge is 0.229 e. The molecule has 0 amide bonds. The van der Waals surface area contributed by atoms with E-state index in [-0.39, 0.29) is 0 Å². The summed E-state index contributed by atoms with van der Waals surface area (Å²) in [6, 6.07) is 24.2. The predicted molar refractivity (Wildman–Crippen MR) is 137 cm³/mol. The van der Waals surface area contributed by atoms with Crippen LogP contribution in [0.3, 0.4) is 0 Å². The first kappa shape index (κ1) is 21.4. The molecule has 6 rings (SSSR count). The van der Waals surface area contributed by atoms with Crippen LogP contribution in [0.15, 0.2) is 89.6 Å². The maximum Gasteiger partial charge on any atom is 0.229 e. The molecular formula is C28H26N6O. The van der Waals surface area contributed by atoms with E-state index in [1.807, 2.05) is 73.1 Å². The Hall–Kier alpha value is -4.10. The molecule has 0 atom stereocenters. The molecule has 1 aliphatic heterocycles. The molecule has 5 aromatic rings. The van der Waals surface area contributed by atoms with E-state index in [1.165, 1.54) is 5.56 Å². The Morgan fingerprint density at radius 2 is 1.40 bits per heavy atom. The minimum absolute atomic E-state index is 0.567. The topological polar surface area (TPSA) is 71.2 Å². The molecule has 2 aromatic carbocycles. The van der Waals surface area contributed by atoms with Gasteiger partial charge >= 0.3 is 0 Å². The molecule has 1 saturated heterocycles. The lowest BCUT2D eigenvalue weighted by atomic mass is 10.2. The molecule has 4 heterocycles. The van der Waals surface area contributed by atoms with Gasteiger partial charge in [0, 0.05) is 56.2 Å². The zero-order valence-electron chi connectivity index (χ0n) is 19.4. The van der Waals surface area contributed by atoms with Crippen molar-refractivity contribution in [2.75, 3.05) is 37.6 Å². The Bertz CT molecular complexity index is 1400. The molecule has 1 aliphatic rings. The molecule has 0 radical (unpaired) electrons. The van der Waals surface area contributed by atoms with E-state index < -0.39 is 0 Å². The number of rotatable bonds is 6. The molecule has 0 saturated carbocycles. The maximum absolute atomic E-state index is 6.26. The van der Waals surface area contributed by atoms with Crippen molar-refractivity contribution in [3.8, 4) is 22.8 Å². The maximum atomic E-state index is 6.26. The van der Waals surface area contributed by atoms with Crippen LogP contribution in [-0.2, 0) is 6.42 Å². The first-order chi connectivity index (χ1) is 17.3. The summed E-state index contributed by atoms with van der Waals surface area (Å²) in [4.78, 5) is 23.4. The van der Waals surface area contributed by atoms with Crippen molar-refractivity contribution in [3.05, 3.63) is 90.8 Å². The molecule has 0 spiro atoms. The monoisotopic (exact) mass is 462 g/mol. The predicted octanol–water partition coefficient (Wildman–Crippen LogP) is 4.71. The summed E-state index contributed by atoms with van der Waals surface area (Å²) in [7, 11) is 0. The number of hydrogen-bond acceptors (Lipinski definition) is 7. The van der Waals surface area contributed by atoms with Crippen LogP contribution in [0.4, 0.5) is 5.82 Å². The van der Waals surface area contributed by atoms with E-state index in [4.69, 9.17) is 19.4 Å². The second-order valence-electron chi connectivity index (χ2n) is 8.71. The van der Waals surface area contributed by atoms with Crippen molar-refractivity contribution in [2.45, 2.75) is 6.42 Å². The van der Waals surface area contributed by atoms with Gasteiger partial charge < -0.3 is 9.32 Å². The number of anilines is 1. The van der Waals surface area contributed by atoms with Crippen LogP contribution in [0.1, 0.15) is 5.56 Å². The number of aromatic nitrogens is 4. The summed E-state index contributed by atoms with van der Waals surface area (Å²) >= 11 is 0. The molecule has 7 heteroatoms.